The first kappa shape index (κ1) is 12.5. The second kappa shape index (κ2) is 4.54. The van der Waals surface area contributed by atoms with Crippen molar-refractivity contribution < 1.29 is 18.3 Å². The topological polar surface area (TPSA) is 64.3 Å². The molecule has 3 N–H and O–H groups in total. The zero-order valence-electron chi connectivity index (χ0n) is 10.1. The molecule has 1 amide bonds. The number of nitrogens with two attached hydrogens (primary N) is 1. The van der Waals surface area contributed by atoms with Crippen LogP contribution in [0.4, 0.5) is 8.78 Å². The van der Waals surface area contributed by atoms with E-state index in [2.05, 4.69) is 5.32 Å². The van der Waals surface area contributed by atoms with Crippen molar-refractivity contribution in [1.29, 1.82) is 0 Å². The van der Waals surface area contributed by atoms with Crippen LogP contribution in [-0.4, -0.2) is 30.7 Å². The van der Waals surface area contributed by atoms with Gasteiger partial charge in [-0.1, -0.05) is 0 Å². The maximum Gasteiger partial charge on any atom is 0.254 e. The number of halogens is 2. The monoisotopic (exact) mass is 268 g/mol. The average Bonchev–Trinajstić information content (AvgIpc) is 2.80. The highest BCUT2D eigenvalue weighted by atomic mass is 19.1. The molecule has 0 aromatic heterocycles. The molecule has 0 radical (unpaired) electrons. The highest BCUT2D eigenvalue weighted by molar-refractivity contribution is 5.94. The minimum absolute atomic E-state index is 0.0811. The van der Waals surface area contributed by atoms with E-state index in [1.165, 1.54) is 0 Å². The lowest BCUT2D eigenvalue weighted by atomic mass is 9.72. The number of fused-ring (bicyclic) bond motifs is 1. The van der Waals surface area contributed by atoms with Crippen LogP contribution in [0.2, 0.25) is 0 Å². The van der Waals surface area contributed by atoms with Gasteiger partial charge in [-0.3, -0.25) is 4.79 Å². The molecule has 2 fully saturated rings. The van der Waals surface area contributed by atoms with Crippen LogP contribution < -0.4 is 11.1 Å². The summed E-state index contributed by atoms with van der Waals surface area (Å²) in [5, 5.41) is 2.66. The van der Waals surface area contributed by atoms with Crippen LogP contribution in [0.15, 0.2) is 18.2 Å². The van der Waals surface area contributed by atoms with Crippen molar-refractivity contribution in [3.05, 3.63) is 35.4 Å². The van der Waals surface area contributed by atoms with E-state index < -0.39 is 17.5 Å². The van der Waals surface area contributed by atoms with E-state index in [1.807, 2.05) is 0 Å². The summed E-state index contributed by atoms with van der Waals surface area (Å²) >= 11 is 0. The average molecular weight is 268 g/mol. The lowest BCUT2D eigenvalue weighted by Gasteiger charge is -2.45. The van der Waals surface area contributed by atoms with Crippen molar-refractivity contribution in [1.82, 2.24) is 5.32 Å². The van der Waals surface area contributed by atoms with E-state index in [-0.39, 0.29) is 29.7 Å². The van der Waals surface area contributed by atoms with Crippen LogP contribution in [0.3, 0.4) is 0 Å². The normalized spacial score (nSPS) is 32.6. The van der Waals surface area contributed by atoms with Crippen LogP contribution in [-0.2, 0) is 4.74 Å². The van der Waals surface area contributed by atoms with Crippen molar-refractivity contribution in [2.24, 2.45) is 11.7 Å². The fraction of sp³-hybridized carbons (Fsp3) is 0.462. The first-order valence-electron chi connectivity index (χ1n) is 6.21. The van der Waals surface area contributed by atoms with Gasteiger partial charge in [0.1, 0.15) is 11.6 Å². The van der Waals surface area contributed by atoms with E-state index in [1.54, 1.807) is 0 Å². The molecule has 6 heteroatoms. The van der Waals surface area contributed by atoms with Gasteiger partial charge >= 0.3 is 0 Å². The molecule has 1 aromatic rings. The van der Waals surface area contributed by atoms with Crippen molar-refractivity contribution in [3.63, 3.8) is 0 Å². The number of carbonyl (C=O) groups is 1. The standard InChI is InChI=1S/C13H14F2N2O2/c14-6-1-2-7(9(15)5-6)13(18)17-11-10(16)8-3-4-19-12(8)11/h1-2,5,8,10-12H,3-4,16H2,(H,17,18). The number of nitrogens with one attached hydrogen (secondary N) is 1. The number of carbonyl (C=O) groups excluding carboxylic acids is 1. The molecule has 3 rings (SSSR count). The SMILES string of the molecule is NC1C2CCOC2C1NC(=O)c1ccc(F)cc1F. The molecule has 1 aliphatic heterocycles. The van der Waals surface area contributed by atoms with E-state index in [0.717, 1.165) is 18.6 Å². The molecule has 19 heavy (non-hydrogen) atoms. The fourth-order valence-electron chi connectivity index (χ4n) is 2.83. The Morgan fingerprint density at radius 3 is 2.95 bits per heavy atom. The molecule has 4 unspecified atom stereocenters. The molecular weight excluding hydrogens is 254 g/mol. The Kier molecular flexibility index (Phi) is 2.99. The third-order valence-electron chi connectivity index (χ3n) is 3.92. The van der Waals surface area contributed by atoms with Crippen LogP contribution >= 0.6 is 0 Å². The molecule has 1 aromatic carbocycles. The fourth-order valence-corrected chi connectivity index (χ4v) is 2.83. The highest BCUT2D eigenvalue weighted by Gasteiger charge is 2.52. The van der Waals surface area contributed by atoms with Gasteiger partial charge in [-0.25, -0.2) is 8.78 Å². The molecule has 1 heterocycles. The Hall–Kier alpha value is -1.53. The predicted octanol–water partition coefficient (Wildman–Crippen LogP) is 0.809. The highest BCUT2D eigenvalue weighted by Crippen LogP contribution is 2.37. The summed E-state index contributed by atoms with van der Waals surface area (Å²) in [5.41, 5.74) is 5.76. The van der Waals surface area contributed by atoms with Crippen LogP contribution in [0, 0.1) is 17.6 Å². The number of rotatable bonds is 2. The molecule has 2 aliphatic rings. The Bertz CT molecular complexity index is 523. The molecule has 0 spiro atoms. The quantitative estimate of drug-likeness (QED) is 0.834. The predicted molar refractivity (Wildman–Crippen MR) is 63.4 cm³/mol. The van der Waals surface area contributed by atoms with E-state index in [0.29, 0.717) is 12.7 Å². The van der Waals surface area contributed by atoms with Crippen molar-refractivity contribution >= 4 is 5.91 Å². The molecular formula is C13H14F2N2O2. The number of hydrogen-bond acceptors (Lipinski definition) is 3. The molecule has 0 bridgehead atoms. The molecule has 1 saturated heterocycles. The minimum Gasteiger partial charge on any atom is -0.376 e. The first-order valence-corrected chi connectivity index (χ1v) is 6.21. The molecule has 4 nitrogen and oxygen atoms in total. The van der Waals surface area contributed by atoms with Gasteiger partial charge in [0.05, 0.1) is 17.7 Å². The van der Waals surface area contributed by atoms with Gasteiger partial charge < -0.3 is 15.8 Å². The maximum atomic E-state index is 13.5. The van der Waals surface area contributed by atoms with Crippen LogP contribution in [0.1, 0.15) is 16.8 Å². The number of ether oxygens (including phenoxy) is 1. The zero-order valence-corrected chi connectivity index (χ0v) is 10.1. The van der Waals surface area contributed by atoms with E-state index >= 15 is 0 Å². The summed E-state index contributed by atoms with van der Waals surface area (Å²) in [6, 6.07) is 2.39. The Morgan fingerprint density at radius 1 is 1.42 bits per heavy atom. The third-order valence-corrected chi connectivity index (χ3v) is 3.92. The van der Waals surface area contributed by atoms with Gasteiger partial charge in [0.2, 0.25) is 0 Å². The Labute approximate surface area is 108 Å². The zero-order chi connectivity index (χ0) is 13.6. The van der Waals surface area contributed by atoms with Crippen LogP contribution in [0.25, 0.3) is 0 Å². The van der Waals surface area contributed by atoms with Gasteiger partial charge in [-0.2, -0.15) is 0 Å². The van der Waals surface area contributed by atoms with E-state index in [9.17, 15) is 13.6 Å². The summed E-state index contributed by atoms with van der Waals surface area (Å²) in [6.45, 7) is 0.639. The summed E-state index contributed by atoms with van der Waals surface area (Å²) < 4.78 is 31.7. The Morgan fingerprint density at radius 2 is 2.21 bits per heavy atom. The maximum absolute atomic E-state index is 13.5. The second-order valence-corrected chi connectivity index (χ2v) is 4.99. The third kappa shape index (κ3) is 2.01. The second-order valence-electron chi connectivity index (χ2n) is 4.99. The van der Waals surface area contributed by atoms with Gasteiger partial charge in [0.15, 0.2) is 0 Å². The molecule has 102 valence electrons. The van der Waals surface area contributed by atoms with Gasteiger partial charge in [-0.05, 0) is 18.6 Å². The minimum atomic E-state index is -0.880. The van der Waals surface area contributed by atoms with Crippen molar-refractivity contribution in [3.8, 4) is 0 Å². The van der Waals surface area contributed by atoms with Crippen molar-refractivity contribution in [2.75, 3.05) is 6.61 Å². The summed E-state index contributed by atoms with van der Waals surface area (Å²) in [6.07, 6.45) is 0.811. The number of benzene rings is 1. The van der Waals surface area contributed by atoms with Crippen molar-refractivity contribution in [2.45, 2.75) is 24.6 Å². The lowest BCUT2D eigenvalue weighted by molar-refractivity contribution is -0.0161. The van der Waals surface area contributed by atoms with Crippen LogP contribution in [0.5, 0.6) is 0 Å². The first-order chi connectivity index (χ1) is 9.08. The molecule has 4 atom stereocenters. The largest absolute Gasteiger partial charge is 0.376 e. The van der Waals surface area contributed by atoms with E-state index in [4.69, 9.17) is 10.5 Å². The number of hydrogen-bond donors (Lipinski definition) is 2. The van der Waals surface area contributed by atoms with Gasteiger partial charge in [-0.15, -0.1) is 0 Å². The lowest BCUT2D eigenvalue weighted by Crippen LogP contribution is -2.69. The van der Waals surface area contributed by atoms with Gasteiger partial charge in [0.25, 0.3) is 5.91 Å². The number of amides is 1. The molecule has 1 aliphatic carbocycles. The summed E-state index contributed by atoms with van der Waals surface area (Å²) in [7, 11) is 0. The summed E-state index contributed by atoms with van der Waals surface area (Å²) in [4.78, 5) is 11.9. The Balaban J connectivity index is 1.71. The molecule has 1 saturated carbocycles. The van der Waals surface area contributed by atoms with Gasteiger partial charge in [0, 0.05) is 24.6 Å². The summed E-state index contributed by atoms with van der Waals surface area (Å²) in [5.74, 6) is -1.92. The smallest absolute Gasteiger partial charge is 0.254 e.